The third kappa shape index (κ3) is 3.35. The van der Waals surface area contributed by atoms with Gasteiger partial charge in [0.25, 0.3) is 0 Å². The van der Waals surface area contributed by atoms with Gasteiger partial charge in [-0.15, -0.1) is 0 Å². The summed E-state index contributed by atoms with van der Waals surface area (Å²) >= 11 is 0. The van der Waals surface area contributed by atoms with Gasteiger partial charge in [-0.3, -0.25) is 0 Å². The molecule has 0 N–H and O–H groups in total. The fourth-order valence-corrected chi connectivity index (χ4v) is 3.83. The first-order chi connectivity index (χ1) is 13.3. The van der Waals surface area contributed by atoms with Gasteiger partial charge in [-0.1, -0.05) is 97.9 Å². The SMILES string of the molecule is CCC(OC)=C(OC)C(c1ccccc1)(c1ccccc1)c1ccccc1. The fourth-order valence-electron chi connectivity index (χ4n) is 3.83. The predicted octanol–water partition coefficient (Wildman–Crippen LogP) is 5.94. The lowest BCUT2D eigenvalue weighted by molar-refractivity contribution is 0.189. The number of hydrogen-bond acceptors (Lipinski definition) is 2. The molecule has 3 rings (SSSR count). The monoisotopic (exact) mass is 358 g/mol. The van der Waals surface area contributed by atoms with Crippen LogP contribution in [0.25, 0.3) is 0 Å². The normalized spacial score (nSPS) is 12.3. The summed E-state index contributed by atoms with van der Waals surface area (Å²) in [4.78, 5) is 0. The van der Waals surface area contributed by atoms with Gasteiger partial charge in [-0.05, 0) is 16.7 Å². The van der Waals surface area contributed by atoms with Crippen molar-refractivity contribution in [2.75, 3.05) is 14.2 Å². The summed E-state index contributed by atoms with van der Waals surface area (Å²) in [5, 5.41) is 0. The minimum atomic E-state index is -0.597. The number of allylic oxidation sites excluding steroid dienone is 2. The Bertz CT molecular complexity index is 765. The molecule has 0 saturated heterocycles. The Labute approximate surface area is 162 Å². The number of methoxy groups -OCH3 is 2. The van der Waals surface area contributed by atoms with Crippen LogP contribution in [0.1, 0.15) is 30.0 Å². The van der Waals surface area contributed by atoms with E-state index in [9.17, 15) is 0 Å². The molecule has 0 amide bonds. The van der Waals surface area contributed by atoms with Crippen LogP contribution >= 0.6 is 0 Å². The lowest BCUT2D eigenvalue weighted by Gasteiger charge is -2.38. The smallest absolute Gasteiger partial charge is 0.152 e. The first-order valence-electron chi connectivity index (χ1n) is 9.27. The van der Waals surface area contributed by atoms with Gasteiger partial charge in [-0.2, -0.15) is 0 Å². The number of rotatable bonds is 7. The Hall–Kier alpha value is -3.00. The fraction of sp³-hybridized carbons (Fsp3) is 0.200. The Balaban J connectivity index is 2.49. The maximum atomic E-state index is 6.08. The highest BCUT2D eigenvalue weighted by Gasteiger charge is 2.43. The van der Waals surface area contributed by atoms with Crippen LogP contribution in [-0.2, 0) is 14.9 Å². The van der Waals surface area contributed by atoms with Crippen molar-refractivity contribution in [3.05, 3.63) is 119 Å². The molecular formula is C25H26O2. The molecule has 0 atom stereocenters. The van der Waals surface area contributed by atoms with Crippen LogP contribution in [-0.4, -0.2) is 14.2 Å². The van der Waals surface area contributed by atoms with Crippen molar-refractivity contribution in [2.24, 2.45) is 0 Å². The summed E-state index contributed by atoms with van der Waals surface area (Å²) in [6.45, 7) is 2.09. The second kappa shape index (κ2) is 8.59. The zero-order valence-electron chi connectivity index (χ0n) is 16.2. The van der Waals surface area contributed by atoms with Crippen molar-refractivity contribution in [3.63, 3.8) is 0 Å². The van der Waals surface area contributed by atoms with Crippen LogP contribution < -0.4 is 0 Å². The average molecular weight is 358 g/mol. The molecule has 0 spiro atoms. The molecule has 0 heterocycles. The summed E-state index contributed by atoms with van der Waals surface area (Å²) in [5.74, 6) is 1.66. The Morgan fingerprint density at radius 2 is 1.00 bits per heavy atom. The largest absolute Gasteiger partial charge is 0.498 e. The van der Waals surface area contributed by atoms with E-state index in [4.69, 9.17) is 9.47 Å². The van der Waals surface area contributed by atoms with Gasteiger partial charge in [-0.25, -0.2) is 0 Å². The quantitative estimate of drug-likeness (QED) is 0.385. The molecule has 0 unspecified atom stereocenters. The van der Waals surface area contributed by atoms with Crippen molar-refractivity contribution in [2.45, 2.75) is 18.8 Å². The molecule has 0 bridgehead atoms. The van der Waals surface area contributed by atoms with E-state index < -0.39 is 5.41 Å². The van der Waals surface area contributed by atoms with Gasteiger partial charge in [0.1, 0.15) is 11.2 Å². The van der Waals surface area contributed by atoms with Crippen LogP contribution in [0.3, 0.4) is 0 Å². The number of ether oxygens (including phenoxy) is 2. The topological polar surface area (TPSA) is 18.5 Å². The molecule has 27 heavy (non-hydrogen) atoms. The minimum Gasteiger partial charge on any atom is -0.498 e. The Kier molecular flexibility index (Phi) is 5.97. The highest BCUT2D eigenvalue weighted by atomic mass is 16.5. The first-order valence-corrected chi connectivity index (χ1v) is 9.27. The van der Waals surface area contributed by atoms with E-state index in [0.717, 1.165) is 34.6 Å². The summed E-state index contributed by atoms with van der Waals surface area (Å²) in [5.41, 5.74) is 2.83. The average Bonchev–Trinajstić information content (AvgIpc) is 2.76. The molecule has 0 fully saturated rings. The van der Waals surface area contributed by atoms with Crippen molar-refractivity contribution >= 4 is 0 Å². The zero-order valence-corrected chi connectivity index (χ0v) is 16.2. The van der Waals surface area contributed by atoms with Crippen LogP contribution in [0, 0.1) is 0 Å². The third-order valence-corrected chi connectivity index (χ3v) is 4.99. The van der Waals surface area contributed by atoms with E-state index in [1.54, 1.807) is 14.2 Å². The van der Waals surface area contributed by atoms with E-state index in [0.29, 0.717) is 0 Å². The Morgan fingerprint density at radius 3 is 1.26 bits per heavy atom. The molecular weight excluding hydrogens is 332 g/mol. The van der Waals surface area contributed by atoms with Crippen LogP contribution in [0.15, 0.2) is 103 Å². The maximum Gasteiger partial charge on any atom is 0.152 e. The molecule has 3 aromatic rings. The molecule has 3 aromatic carbocycles. The van der Waals surface area contributed by atoms with Gasteiger partial charge in [0.2, 0.25) is 0 Å². The lowest BCUT2D eigenvalue weighted by atomic mass is 9.67. The van der Waals surface area contributed by atoms with Crippen molar-refractivity contribution < 1.29 is 9.47 Å². The van der Waals surface area contributed by atoms with Crippen LogP contribution in [0.2, 0.25) is 0 Å². The molecule has 0 aliphatic heterocycles. The zero-order chi connectivity index (χ0) is 19.1. The van der Waals surface area contributed by atoms with Gasteiger partial charge in [0, 0.05) is 6.42 Å². The molecule has 0 aromatic heterocycles. The predicted molar refractivity (Wildman–Crippen MR) is 111 cm³/mol. The lowest BCUT2D eigenvalue weighted by Crippen LogP contribution is -2.34. The summed E-state index contributed by atoms with van der Waals surface area (Å²) in [6, 6.07) is 31.5. The molecule has 2 nitrogen and oxygen atoms in total. The molecule has 0 radical (unpaired) electrons. The summed E-state index contributed by atoms with van der Waals surface area (Å²) < 4.78 is 11.9. The van der Waals surface area contributed by atoms with E-state index >= 15 is 0 Å². The number of hydrogen-bond donors (Lipinski definition) is 0. The molecule has 2 heteroatoms. The van der Waals surface area contributed by atoms with E-state index in [2.05, 4.69) is 79.7 Å². The van der Waals surface area contributed by atoms with Gasteiger partial charge in [0.15, 0.2) is 5.76 Å². The summed E-state index contributed by atoms with van der Waals surface area (Å²) in [7, 11) is 3.44. The van der Waals surface area contributed by atoms with Crippen molar-refractivity contribution in [1.82, 2.24) is 0 Å². The van der Waals surface area contributed by atoms with Gasteiger partial charge in [0.05, 0.1) is 14.2 Å². The maximum absolute atomic E-state index is 6.08. The first kappa shape index (κ1) is 18.8. The van der Waals surface area contributed by atoms with Crippen molar-refractivity contribution in [3.8, 4) is 0 Å². The second-order valence-corrected chi connectivity index (χ2v) is 6.36. The highest BCUT2D eigenvalue weighted by molar-refractivity contribution is 5.57. The van der Waals surface area contributed by atoms with Crippen LogP contribution in [0.5, 0.6) is 0 Å². The van der Waals surface area contributed by atoms with Gasteiger partial charge < -0.3 is 9.47 Å². The molecule has 0 saturated carbocycles. The summed E-state index contributed by atoms with van der Waals surface area (Å²) in [6.07, 6.45) is 0.744. The molecule has 0 aliphatic carbocycles. The molecule has 138 valence electrons. The van der Waals surface area contributed by atoms with E-state index in [-0.39, 0.29) is 0 Å². The number of benzene rings is 3. The second-order valence-electron chi connectivity index (χ2n) is 6.36. The third-order valence-electron chi connectivity index (χ3n) is 4.99. The van der Waals surface area contributed by atoms with E-state index in [1.807, 2.05) is 18.2 Å². The van der Waals surface area contributed by atoms with E-state index in [1.165, 1.54) is 0 Å². The standard InChI is InChI=1S/C25H26O2/c1-4-23(26-2)24(27-3)25(20-14-8-5-9-15-20,21-16-10-6-11-17-21)22-18-12-7-13-19-22/h5-19H,4H2,1-3H3. The minimum absolute atomic E-state index is 0.597. The highest BCUT2D eigenvalue weighted by Crippen LogP contribution is 2.46. The van der Waals surface area contributed by atoms with Gasteiger partial charge >= 0.3 is 0 Å². The van der Waals surface area contributed by atoms with Crippen LogP contribution in [0.4, 0.5) is 0 Å². The molecule has 0 aliphatic rings. The van der Waals surface area contributed by atoms with Crippen molar-refractivity contribution in [1.29, 1.82) is 0 Å². The Morgan fingerprint density at radius 1 is 0.630 bits per heavy atom.